The Hall–Kier alpha value is -1.72. The molecule has 1 heterocycles. The van der Waals surface area contributed by atoms with Gasteiger partial charge in [0.2, 0.25) is 0 Å². The van der Waals surface area contributed by atoms with Crippen molar-refractivity contribution in [3.05, 3.63) is 44.6 Å². The first-order valence-electron chi connectivity index (χ1n) is 6.15. The van der Waals surface area contributed by atoms with Crippen LogP contribution in [0, 0.1) is 0 Å². The van der Waals surface area contributed by atoms with Crippen LogP contribution in [-0.2, 0) is 13.0 Å². The highest BCUT2D eigenvalue weighted by molar-refractivity contribution is 7.12. The van der Waals surface area contributed by atoms with E-state index in [0.717, 1.165) is 11.3 Å². The molecule has 0 amide bonds. The van der Waals surface area contributed by atoms with Gasteiger partial charge in [-0.25, -0.2) is 4.79 Å². The van der Waals surface area contributed by atoms with E-state index in [0.29, 0.717) is 22.9 Å². The van der Waals surface area contributed by atoms with Crippen LogP contribution >= 0.6 is 22.9 Å². The average molecular weight is 311 g/mol. The zero-order valence-electron chi connectivity index (χ0n) is 10.9. The van der Waals surface area contributed by atoms with Crippen LogP contribution in [-0.4, -0.2) is 11.1 Å². The van der Waals surface area contributed by atoms with Gasteiger partial charge in [-0.3, -0.25) is 0 Å². The van der Waals surface area contributed by atoms with E-state index >= 15 is 0 Å². The lowest BCUT2D eigenvalue weighted by molar-refractivity contribution is 0.0698. The molecule has 0 unspecified atom stereocenters. The number of nitrogens with two attached hydrogens (primary N) is 1. The lowest BCUT2D eigenvalue weighted by Gasteiger charge is -2.11. The maximum atomic E-state index is 11.2. The van der Waals surface area contributed by atoms with Gasteiger partial charge >= 0.3 is 5.97 Å². The number of hydrogen-bond donors (Lipinski definition) is 3. The van der Waals surface area contributed by atoms with Gasteiger partial charge in [-0.15, -0.1) is 11.3 Å². The van der Waals surface area contributed by atoms with Crippen molar-refractivity contribution >= 4 is 40.3 Å². The largest absolute Gasteiger partial charge is 0.478 e. The number of hydrogen-bond acceptors (Lipinski definition) is 4. The third-order valence-electron chi connectivity index (χ3n) is 2.85. The van der Waals surface area contributed by atoms with Crippen LogP contribution in [0.15, 0.2) is 24.3 Å². The molecule has 0 saturated carbocycles. The highest BCUT2D eigenvalue weighted by atomic mass is 35.5. The van der Waals surface area contributed by atoms with Gasteiger partial charge < -0.3 is 16.2 Å². The molecule has 4 nitrogen and oxygen atoms in total. The SMILES string of the molecule is CCc1ccc(CNc2c(Cl)cc(N)cc2C(=O)O)s1. The molecule has 0 radical (unpaired) electrons. The molecule has 0 bridgehead atoms. The van der Waals surface area contributed by atoms with Gasteiger partial charge in [-0.05, 0) is 30.7 Å². The van der Waals surface area contributed by atoms with E-state index in [-0.39, 0.29) is 5.56 Å². The number of aryl methyl sites for hydroxylation is 1. The summed E-state index contributed by atoms with van der Waals surface area (Å²) in [4.78, 5) is 13.7. The second-order valence-corrected chi connectivity index (χ2v) is 5.97. The molecule has 0 aliphatic heterocycles. The van der Waals surface area contributed by atoms with Crippen LogP contribution < -0.4 is 11.1 Å². The van der Waals surface area contributed by atoms with Crippen molar-refractivity contribution in [1.82, 2.24) is 0 Å². The van der Waals surface area contributed by atoms with E-state index in [2.05, 4.69) is 18.3 Å². The Bertz CT molecular complexity index is 640. The second-order valence-electron chi connectivity index (χ2n) is 4.31. The zero-order valence-corrected chi connectivity index (χ0v) is 12.5. The highest BCUT2D eigenvalue weighted by Crippen LogP contribution is 2.30. The Morgan fingerprint density at radius 3 is 2.70 bits per heavy atom. The standard InChI is InChI=1S/C14H15ClN2O2S/c1-2-9-3-4-10(20-9)7-17-13-11(14(18)19)5-8(16)6-12(13)15/h3-6,17H,2,7,16H2,1H3,(H,18,19). The van der Waals surface area contributed by atoms with E-state index < -0.39 is 5.97 Å². The van der Waals surface area contributed by atoms with Crippen LogP contribution in [0.3, 0.4) is 0 Å². The number of nitrogen functional groups attached to an aromatic ring is 1. The minimum atomic E-state index is -1.05. The molecule has 1 aromatic carbocycles. The minimum Gasteiger partial charge on any atom is -0.478 e. The van der Waals surface area contributed by atoms with E-state index in [1.54, 1.807) is 17.4 Å². The molecule has 0 spiro atoms. The number of nitrogens with one attached hydrogen (secondary N) is 1. The van der Waals surface area contributed by atoms with Crippen LogP contribution in [0.2, 0.25) is 5.02 Å². The van der Waals surface area contributed by atoms with Crippen molar-refractivity contribution in [1.29, 1.82) is 0 Å². The minimum absolute atomic E-state index is 0.0854. The Kier molecular flexibility index (Phi) is 4.52. The third kappa shape index (κ3) is 3.23. The predicted octanol–water partition coefficient (Wildman–Crippen LogP) is 3.86. The number of carboxylic acids is 1. The summed E-state index contributed by atoms with van der Waals surface area (Å²) in [5.41, 5.74) is 6.44. The second kappa shape index (κ2) is 6.15. The average Bonchev–Trinajstić information content (AvgIpc) is 2.84. The van der Waals surface area contributed by atoms with E-state index in [1.807, 2.05) is 6.07 Å². The zero-order chi connectivity index (χ0) is 14.7. The van der Waals surface area contributed by atoms with Gasteiger partial charge in [0.05, 0.1) is 16.3 Å². The summed E-state index contributed by atoms with van der Waals surface area (Å²) >= 11 is 7.77. The van der Waals surface area contributed by atoms with Gasteiger partial charge in [0.15, 0.2) is 0 Å². The molecule has 0 saturated heterocycles. The number of aromatic carboxylic acids is 1. The highest BCUT2D eigenvalue weighted by Gasteiger charge is 2.14. The Morgan fingerprint density at radius 1 is 1.40 bits per heavy atom. The molecule has 0 atom stereocenters. The van der Waals surface area contributed by atoms with Gasteiger partial charge in [-0.1, -0.05) is 18.5 Å². The van der Waals surface area contributed by atoms with Crippen LogP contribution in [0.4, 0.5) is 11.4 Å². The Morgan fingerprint density at radius 2 is 2.10 bits per heavy atom. The van der Waals surface area contributed by atoms with Crippen molar-refractivity contribution in [3.63, 3.8) is 0 Å². The lowest BCUT2D eigenvalue weighted by atomic mass is 10.1. The Balaban J connectivity index is 2.22. The summed E-state index contributed by atoms with van der Waals surface area (Å²) in [6.45, 7) is 2.64. The summed E-state index contributed by atoms with van der Waals surface area (Å²) in [6, 6.07) is 7.05. The van der Waals surface area contributed by atoms with E-state index in [9.17, 15) is 9.90 Å². The molecular formula is C14H15ClN2O2S. The molecule has 0 aliphatic carbocycles. The normalized spacial score (nSPS) is 10.5. The maximum Gasteiger partial charge on any atom is 0.337 e. The molecule has 20 heavy (non-hydrogen) atoms. The molecule has 2 rings (SSSR count). The molecule has 4 N–H and O–H groups in total. The lowest BCUT2D eigenvalue weighted by Crippen LogP contribution is -2.07. The van der Waals surface area contributed by atoms with Gasteiger partial charge in [0.1, 0.15) is 0 Å². The summed E-state index contributed by atoms with van der Waals surface area (Å²) in [5.74, 6) is -1.05. The van der Waals surface area contributed by atoms with Crippen LogP contribution in [0.5, 0.6) is 0 Å². The van der Waals surface area contributed by atoms with Gasteiger partial charge in [-0.2, -0.15) is 0 Å². The number of halogens is 1. The third-order valence-corrected chi connectivity index (χ3v) is 4.38. The maximum absolute atomic E-state index is 11.2. The number of rotatable bonds is 5. The summed E-state index contributed by atoms with van der Waals surface area (Å²) in [7, 11) is 0. The number of carbonyl (C=O) groups is 1. The summed E-state index contributed by atoms with van der Waals surface area (Å²) in [6.07, 6.45) is 0.994. The van der Waals surface area contributed by atoms with Crippen molar-refractivity contribution in [2.24, 2.45) is 0 Å². The van der Waals surface area contributed by atoms with E-state index in [4.69, 9.17) is 17.3 Å². The molecule has 0 aliphatic rings. The molecule has 1 aromatic heterocycles. The molecular weight excluding hydrogens is 296 g/mol. The fourth-order valence-electron chi connectivity index (χ4n) is 1.86. The van der Waals surface area contributed by atoms with Crippen LogP contribution in [0.25, 0.3) is 0 Å². The molecule has 0 fully saturated rings. The van der Waals surface area contributed by atoms with Crippen LogP contribution in [0.1, 0.15) is 27.0 Å². The number of anilines is 2. The van der Waals surface area contributed by atoms with Gasteiger partial charge in [0, 0.05) is 22.0 Å². The molecule has 6 heteroatoms. The van der Waals surface area contributed by atoms with Crippen molar-refractivity contribution in [2.75, 3.05) is 11.1 Å². The predicted molar refractivity (Wildman–Crippen MR) is 83.8 cm³/mol. The van der Waals surface area contributed by atoms with Gasteiger partial charge in [0.25, 0.3) is 0 Å². The summed E-state index contributed by atoms with van der Waals surface area (Å²) in [5, 5.41) is 12.6. The van der Waals surface area contributed by atoms with E-state index in [1.165, 1.54) is 10.9 Å². The quantitative estimate of drug-likeness (QED) is 0.733. The van der Waals surface area contributed by atoms with Crippen molar-refractivity contribution < 1.29 is 9.90 Å². The first kappa shape index (κ1) is 14.7. The monoisotopic (exact) mass is 310 g/mol. The molecule has 106 valence electrons. The number of thiophene rings is 1. The van der Waals surface area contributed by atoms with Crippen molar-refractivity contribution in [2.45, 2.75) is 19.9 Å². The fraction of sp³-hybridized carbons (Fsp3) is 0.214. The first-order chi connectivity index (χ1) is 9.51. The number of carboxylic acid groups (broad SMARTS) is 1. The summed E-state index contributed by atoms with van der Waals surface area (Å²) < 4.78 is 0. The van der Waals surface area contributed by atoms with Crippen molar-refractivity contribution in [3.8, 4) is 0 Å². The first-order valence-corrected chi connectivity index (χ1v) is 7.34. The topological polar surface area (TPSA) is 75.3 Å². The fourth-order valence-corrected chi connectivity index (χ4v) is 3.05. The number of benzene rings is 1. The molecule has 2 aromatic rings. The Labute approximate surface area is 126 Å². The smallest absolute Gasteiger partial charge is 0.337 e.